The van der Waals surface area contributed by atoms with Gasteiger partial charge in [-0.1, -0.05) is 91.9 Å². The van der Waals surface area contributed by atoms with Crippen molar-refractivity contribution in [3.05, 3.63) is 132 Å². The van der Waals surface area contributed by atoms with Crippen LogP contribution in [-0.4, -0.2) is 44.3 Å². The fourth-order valence-corrected chi connectivity index (χ4v) is 6.22. The van der Waals surface area contributed by atoms with Crippen LogP contribution in [-0.2, 0) is 32.6 Å². The zero-order chi connectivity index (χ0) is 30.8. The standard InChI is InChI=1S/C34H36FN3O4S/c1-3-22-36-34(40)32(23-27-15-6-4-7-16-27)37(24-28-17-11-10-14-26(28)2)33(39)25-38(31-21-13-12-20-30(31)35)43(41,42)29-18-8-5-9-19-29/h4-21,32H,3,22-25H2,1-2H3,(H,36,40)/t32-/m0/s1. The Kier molecular flexibility index (Phi) is 10.7. The van der Waals surface area contributed by atoms with Crippen molar-refractivity contribution >= 4 is 27.5 Å². The third-order valence-corrected chi connectivity index (χ3v) is 8.93. The Bertz CT molecular complexity index is 1630. The van der Waals surface area contributed by atoms with Gasteiger partial charge in [-0.25, -0.2) is 12.8 Å². The molecule has 9 heteroatoms. The lowest BCUT2D eigenvalue weighted by Crippen LogP contribution is -2.53. The number of rotatable bonds is 13. The second-order valence-corrected chi connectivity index (χ2v) is 12.1. The second kappa shape index (κ2) is 14.6. The molecule has 0 saturated carbocycles. The number of aryl methyl sites for hydroxylation is 1. The third-order valence-electron chi connectivity index (χ3n) is 7.15. The van der Waals surface area contributed by atoms with Crippen LogP contribution in [0.15, 0.2) is 114 Å². The molecule has 0 heterocycles. The predicted molar refractivity (Wildman–Crippen MR) is 166 cm³/mol. The maximum atomic E-state index is 15.2. The minimum Gasteiger partial charge on any atom is -0.354 e. The summed E-state index contributed by atoms with van der Waals surface area (Å²) in [6, 6.07) is 28.9. The number of para-hydroxylation sites is 1. The lowest BCUT2D eigenvalue weighted by molar-refractivity contribution is -0.140. The number of benzene rings is 4. The summed E-state index contributed by atoms with van der Waals surface area (Å²) in [6.07, 6.45) is 0.908. The zero-order valence-corrected chi connectivity index (χ0v) is 25.1. The van der Waals surface area contributed by atoms with E-state index in [0.29, 0.717) is 13.0 Å². The van der Waals surface area contributed by atoms with Gasteiger partial charge in [0, 0.05) is 19.5 Å². The monoisotopic (exact) mass is 601 g/mol. The number of hydrogen-bond acceptors (Lipinski definition) is 4. The van der Waals surface area contributed by atoms with Crippen LogP contribution in [0.1, 0.15) is 30.0 Å². The van der Waals surface area contributed by atoms with E-state index in [0.717, 1.165) is 27.1 Å². The number of halogens is 1. The molecule has 0 fully saturated rings. The van der Waals surface area contributed by atoms with Crippen molar-refractivity contribution in [1.82, 2.24) is 10.2 Å². The van der Waals surface area contributed by atoms with E-state index < -0.39 is 34.3 Å². The fourth-order valence-electron chi connectivity index (χ4n) is 4.78. The van der Waals surface area contributed by atoms with Gasteiger partial charge in [0.2, 0.25) is 11.8 Å². The van der Waals surface area contributed by atoms with Crippen LogP contribution < -0.4 is 9.62 Å². The van der Waals surface area contributed by atoms with Crippen molar-refractivity contribution in [2.45, 2.75) is 44.2 Å². The summed E-state index contributed by atoms with van der Waals surface area (Å²) in [5, 5.41) is 2.91. The van der Waals surface area contributed by atoms with Crippen molar-refractivity contribution < 1.29 is 22.4 Å². The van der Waals surface area contributed by atoms with E-state index >= 15 is 4.39 Å². The topological polar surface area (TPSA) is 86.8 Å². The Morgan fingerprint density at radius 1 is 0.837 bits per heavy atom. The van der Waals surface area contributed by atoms with Gasteiger partial charge in [0.05, 0.1) is 10.6 Å². The highest BCUT2D eigenvalue weighted by Crippen LogP contribution is 2.27. The maximum Gasteiger partial charge on any atom is 0.264 e. The molecule has 0 aliphatic rings. The molecule has 0 unspecified atom stereocenters. The van der Waals surface area contributed by atoms with Crippen LogP contribution in [0.2, 0.25) is 0 Å². The van der Waals surface area contributed by atoms with Gasteiger partial charge < -0.3 is 10.2 Å². The molecule has 43 heavy (non-hydrogen) atoms. The minimum absolute atomic E-state index is 0.0546. The number of hydrogen-bond donors (Lipinski definition) is 1. The Morgan fingerprint density at radius 2 is 1.44 bits per heavy atom. The maximum absolute atomic E-state index is 15.2. The molecule has 0 aromatic heterocycles. The number of amides is 2. The van der Waals surface area contributed by atoms with Crippen LogP contribution in [0.4, 0.5) is 10.1 Å². The van der Waals surface area contributed by atoms with E-state index in [1.165, 1.54) is 35.2 Å². The van der Waals surface area contributed by atoms with Crippen molar-refractivity contribution in [3.8, 4) is 0 Å². The SMILES string of the molecule is CCCNC(=O)[C@H](Cc1ccccc1)N(Cc1ccccc1C)C(=O)CN(c1ccccc1F)S(=O)(=O)c1ccccc1. The molecule has 0 aliphatic carbocycles. The van der Waals surface area contributed by atoms with E-state index in [9.17, 15) is 18.0 Å². The van der Waals surface area contributed by atoms with Gasteiger partial charge >= 0.3 is 0 Å². The summed E-state index contributed by atoms with van der Waals surface area (Å²) in [4.78, 5) is 29.3. The van der Waals surface area contributed by atoms with Gasteiger partial charge in [0.1, 0.15) is 18.4 Å². The number of carbonyl (C=O) groups is 2. The van der Waals surface area contributed by atoms with Gasteiger partial charge in [-0.2, -0.15) is 0 Å². The largest absolute Gasteiger partial charge is 0.354 e. The van der Waals surface area contributed by atoms with Gasteiger partial charge in [0.25, 0.3) is 10.0 Å². The highest BCUT2D eigenvalue weighted by Gasteiger charge is 2.35. The Hall–Kier alpha value is -4.50. The van der Waals surface area contributed by atoms with Crippen LogP contribution in [0.3, 0.4) is 0 Å². The summed E-state index contributed by atoms with van der Waals surface area (Å²) >= 11 is 0. The first kappa shape index (κ1) is 31.4. The van der Waals surface area contributed by atoms with Crippen LogP contribution in [0, 0.1) is 12.7 Å². The summed E-state index contributed by atoms with van der Waals surface area (Å²) < 4.78 is 43.7. The molecule has 1 N–H and O–H groups in total. The molecule has 1 atom stereocenters. The van der Waals surface area contributed by atoms with Crippen molar-refractivity contribution in [1.29, 1.82) is 0 Å². The number of nitrogens with zero attached hydrogens (tertiary/aromatic N) is 2. The first-order chi connectivity index (χ1) is 20.7. The fraction of sp³-hybridized carbons (Fsp3) is 0.235. The van der Waals surface area contributed by atoms with Gasteiger partial charge in [0.15, 0.2) is 0 Å². The Morgan fingerprint density at radius 3 is 2.09 bits per heavy atom. The van der Waals surface area contributed by atoms with Crippen LogP contribution >= 0.6 is 0 Å². The van der Waals surface area contributed by atoms with E-state index in [4.69, 9.17) is 0 Å². The van der Waals surface area contributed by atoms with E-state index in [-0.39, 0.29) is 29.5 Å². The molecule has 224 valence electrons. The lowest BCUT2D eigenvalue weighted by atomic mass is 10.0. The summed E-state index contributed by atoms with van der Waals surface area (Å²) in [6.45, 7) is 3.60. The number of sulfonamides is 1. The van der Waals surface area contributed by atoms with E-state index in [1.54, 1.807) is 18.2 Å². The van der Waals surface area contributed by atoms with Crippen molar-refractivity contribution in [2.75, 3.05) is 17.4 Å². The molecule has 7 nitrogen and oxygen atoms in total. The molecule has 0 aliphatic heterocycles. The van der Waals surface area contributed by atoms with Gasteiger partial charge in [-0.15, -0.1) is 0 Å². The van der Waals surface area contributed by atoms with Crippen LogP contribution in [0.5, 0.6) is 0 Å². The highest BCUT2D eigenvalue weighted by atomic mass is 32.2. The molecular formula is C34H36FN3O4S. The summed E-state index contributed by atoms with van der Waals surface area (Å²) in [5.41, 5.74) is 2.30. The molecule has 0 spiro atoms. The highest BCUT2D eigenvalue weighted by molar-refractivity contribution is 7.92. The molecule has 0 radical (unpaired) electrons. The normalized spacial score (nSPS) is 11.9. The van der Waals surface area contributed by atoms with E-state index in [1.807, 2.05) is 68.4 Å². The quantitative estimate of drug-likeness (QED) is 0.219. The summed E-state index contributed by atoms with van der Waals surface area (Å²) in [5.74, 6) is -1.78. The molecule has 4 rings (SSSR count). The van der Waals surface area contributed by atoms with E-state index in [2.05, 4.69) is 5.32 Å². The molecular weight excluding hydrogens is 565 g/mol. The predicted octanol–water partition coefficient (Wildman–Crippen LogP) is 5.50. The number of carbonyl (C=O) groups excluding carboxylic acids is 2. The first-order valence-electron chi connectivity index (χ1n) is 14.2. The van der Waals surface area contributed by atoms with Gasteiger partial charge in [-0.05, 0) is 54.3 Å². The number of nitrogens with one attached hydrogen (secondary N) is 1. The smallest absolute Gasteiger partial charge is 0.264 e. The third kappa shape index (κ3) is 7.87. The Balaban J connectivity index is 1.81. The average molecular weight is 602 g/mol. The van der Waals surface area contributed by atoms with Crippen molar-refractivity contribution in [3.63, 3.8) is 0 Å². The van der Waals surface area contributed by atoms with Crippen LogP contribution in [0.25, 0.3) is 0 Å². The zero-order valence-electron chi connectivity index (χ0n) is 24.3. The molecule has 0 saturated heterocycles. The second-order valence-electron chi connectivity index (χ2n) is 10.2. The number of anilines is 1. The Labute approximate surface area is 253 Å². The molecule has 4 aromatic rings. The summed E-state index contributed by atoms with van der Waals surface area (Å²) in [7, 11) is -4.36. The first-order valence-corrected chi connectivity index (χ1v) is 15.6. The average Bonchev–Trinajstić information content (AvgIpc) is 3.02. The van der Waals surface area contributed by atoms with Crippen molar-refractivity contribution in [2.24, 2.45) is 0 Å². The van der Waals surface area contributed by atoms with Gasteiger partial charge in [-0.3, -0.25) is 13.9 Å². The minimum atomic E-state index is -4.36. The molecule has 0 bridgehead atoms. The molecule has 4 aromatic carbocycles. The lowest BCUT2D eigenvalue weighted by Gasteiger charge is -2.34. The molecule has 2 amide bonds.